The van der Waals surface area contributed by atoms with E-state index in [1.807, 2.05) is 4.90 Å². The number of nitrogens with zero attached hydrogens (tertiary/aromatic N) is 3. The molecule has 0 spiro atoms. The fraction of sp³-hybridized carbons (Fsp3) is 0.556. The molecule has 8 heteroatoms. The van der Waals surface area contributed by atoms with Gasteiger partial charge in [0.1, 0.15) is 0 Å². The molecule has 26 heavy (non-hydrogen) atoms. The summed E-state index contributed by atoms with van der Waals surface area (Å²) in [6.07, 6.45) is 3.61. The van der Waals surface area contributed by atoms with E-state index in [4.69, 9.17) is 5.73 Å². The van der Waals surface area contributed by atoms with Crippen molar-refractivity contribution in [2.45, 2.75) is 31.7 Å². The molecule has 2 atom stereocenters. The molecule has 8 nitrogen and oxygen atoms in total. The standard InChI is InChI=1S/C18H24N4O4/c19-16-3-1-2-14(16)12-17(23)20-8-10-21(11-9-20)18(24)13-4-6-15(7-5-13)22(25)26/h4-7,14,16H,1-3,8-12,19H2/t14-,16+/m0/s1. The smallest absolute Gasteiger partial charge is 0.269 e. The zero-order chi connectivity index (χ0) is 18.7. The van der Waals surface area contributed by atoms with Crippen LogP contribution in [0, 0.1) is 16.0 Å². The van der Waals surface area contributed by atoms with Crippen molar-refractivity contribution >= 4 is 17.5 Å². The molecule has 1 saturated heterocycles. The van der Waals surface area contributed by atoms with Gasteiger partial charge in [0.15, 0.2) is 0 Å². The molecule has 0 bridgehead atoms. The summed E-state index contributed by atoms with van der Waals surface area (Å²) in [4.78, 5) is 38.7. The third-order valence-corrected chi connectivity index (χ3v) is 5.40. The van der Waals surface area contributed by atoms with Gasteiger partial charge in [0, 0.05) is 56.3 Å². The van der Waals surface area contributed by atoms with Crippen molar-refractivity contribution in [1.82, 2.24) is 9.80 Å². The zero-order valence-corrected chi connectivity index (χ0v) is 14.7. The van der Waals surface area contributed by atoms with Gasteiger partial charge in [-0.2, -0.15) is 0 Å². The zero-order valence-electron chi connectivity index (χ0n) is 14.7. The number of piperazine rings is 1. The van der Waals surface area contributed by atoms with Crippen molar-refractivity contribution < 1.29 is 14.5 Å². The molecule has 1 aromatic rings. The van der Waals surface area contributed by atoms with Gasteiger partial charge in [0.2, 0.25) is 5.91 Å². The lowest BCUT2D eigenvalue weighted by Crippen LogP contribution is -2.51. The predicted octanol–water partition coefficient (Wildman–Crippen LogP) is 1.40. The first-order valence-corrected chi connectivity index (χ1v) is 9.03. The molecule has 140 valence electrons. The molecule has 0 radical (unpaired) electrons. The molecule has 1 heterocycles. The number of carbonyl (C=O) groups is 2. The number of carbonyl (C=O) groups excluding carboxylic acids is 2. The summed E-state index contributed by atoms with van der Waals surface area (Å²) < 4.78 is 0. The topological polar surface area (TPSA) is 110 Å². The van der Waals surface area contributed by atoms with Gasteiger partial charge in [-0.05, 0) is 30.9 Å². The number of nitro benzene ring substituents is 1. The Kier molecular flexibility index (Phi) is 5.51. The number of hydrogen-bond acceptors (Lipinski definition) is 5. The van der Waals surface area contributed by atoms with Crippen molar-refractivity contribution in [2.24, 2.45) is 11.7 Å². The first-order chi connectivity index (χ1) is 12.5. The number of nitrogens with two attached hydrogens (primary N) is 1. The van der Waals surface area contributed by atoms with E-state index in [0.29, 0.717) is 38.2 Å². The second kappa shape index (κ2) is 7.82. The Bertz CT molecular complexity index is 683. The molecule has 0 unspecified atom stereocenters. The third-order valence-electron chi connectivity index (χ3n) is 5.40. The van der Waals surface area contributed by atoms with Crippen LogP contribution in [0.4, 0.5) is 5.69 Å². The number of nitro groups is 1. The van der Waals surface area contributed by atoms with Gasteiger partial charge >= 0.3 is 0 Å². The first-order valence-electron chi connectivity index (χ1n) is 9.03. The summed E-state index contributed by atoms with van der Waals surface area (Å²) in [5.41, 5.74) is 6.43. The quantitative estimate of drug-likeness (QED) is 0.644. The van der Waals surface area contributed by atoms with E-state index in [-0.39, 0.29) is 29.5 Å². The van der Waals surface area contributed by atoms with E-state index in [1.54, 1.807) is 4.90 Å². The van der Waals surface area contributed by atoms with Crippen molar-refractivity contribution in [3.8, 4) is 0 Å². The molecule has 2 N–H and O–H groups in total. The average molecular weight is 360 g/mol. The average Bonchev–Trinajstić information content (AvgIpc) is 3.06. The van der Waals surface area contributed by atoms with Gasteiger partial charge in [-0.3, -0.25) is 19.7 Å². The number of non-ortho nitro benzene ring substituents is 1. The Balaban J connectivity index is 1.52. The summed E-state index contributed by atoms with van der Waals surface area (Å²) in [6.45, 7) is 1.97. The molecular formula is C18H24N4O4. The lowest BCUT2D eigenvalue weighted by atomic mass is 9.99. The summed E-state index contributed by atoms with van der Waals surface area (Å²) in [5.74, 6) is 0.238. The fourth-order valence-corrected chi connectivity index (χ4v) is 3.74. The number of amides is 2. The van der Waals surface area contributed by atoms with Crippen LogP contribution in [0.2, 0.25) is 0 Å². The molecule has 1 aromatic carbocycles. The second-order valence-corrected chi connectivity index (χ2v) is 7.04. The van der Waals surface area contributed by atoms with E-state index >= 15 is 0 Å². The fourth-order valence-electron chi connectivity index (χ4n) is 3.74. The van der Waals surface area contributed by atoms with Crippen molar-refractivity contribution in [3.63, 3.8) is 0 Å². The highest BCUT2D eigenvalue weighted by molar-refractivity contribution is 5.94. The van der Waals surface area contributed by atoms with Gasteiger partial charge in [-0.1, -0.05) is 6.42 Å². The van der Waals surface area contributed by atoms with Crippen molar-refractivity contribution in [3.05, 3.63) is 39.9 Å². The normalized spacial score (nSPS) is 23.1. The van der Waals surface area contributed by atoms with Crippen LogP contribution in [-0.4, -0.2) is 58.8 Å². The molecular weight excluding hydrogens is 336 g/mol. The Labute approximate surface area is 152 Å². The number of rotatable bonds is 4. The Morgan fingerprint density at radius 2 is 1.69 bits per heavy atom. The number of hydrogen-bond donors (Lipinski definition) is 1. The van der Waals surface area contributed by atoms with Crippen molar-refractivity contribution in [1.29, 1.82) is 0 Å². The molecule has 0 aromatic heterocycles. The van der Waals surface area contributed by atoms with Gasteiger partial charge < -0.3 is 15.5 Å². The Morgan fingerprint density at radius 3 is 2.23 bits per heavy atom. The Hall–Kier alpha value is -2.48. The highest BCUT2D eigenvalue weighted by Gasteiger charge is 2.30. The van der Waals surface area contributed by atoms with E-state index < -0.39 is 4.92 Å². The minimum absolute atomic E-state index is 0.0397. The third kappa shape index (κ3) is 4.01. The highest BCUT2D eigenvalue weighted by atomic mass is 16.6. The summed E-state index contributed by atoms with van der Waals surface area (Å²) >= 11 is 0. The largest absolute Gasteiger partial charge is 0.339 e. The lowest BCUT2D eigenvalue weighted by molar-refractivity contribution is -0.384. The second-order valence-electron chi connectivity index (χ2n) is 7.04. The van der Waals surface area contributed by atoms with E-state index in [9.17, 15) is 19.7 Å². The maximum atomic E-state index is 12.5. The monoisotopic (exact) mass is 360 g/mol. The maximum Gasteiger partial charge on any atom is 0.269 e. The van der Waals surface area contributed by atoms with Gasteiger partial charge in [-0.15, -0.1) is 0 Å². The van der Waals surface area contributed by atoms with E-state index in [0.717, 1.165) is 19.3 Å². The van der Waals surface area contributed by atoms with E-state index in [1.165, 1.54) is 24.3 Å². The van der Waals surface area contributed by atoms with Crippen LogP contribution in [0.3, 0.4) is 0 Å². The minimum atomic E-state index is -0.491. The van der Waals surface area contributed by atoms with Crippen LogP contribution in [0.5, 0.6) is 0 Å². The van der Waals surface area contributed by atoms with Crippen LogP contribution in [0.25, 0.3) is 0 Å². The lowest BCUT2D eigenvalue weighted by Gasteiger charge is -2.35. The minimum Gasteiger partial charge on any atom is -0.339 e. The summed E-state index contributed by atoms with van der Waals surface area (Å²) in [6, 6.07) is 5.73. The molecule has 2 amide bonds. The van der Waals surface area contributed by atoms with Gasteiger partial charge in [0.25, 0.3) is 11.6 Å². The molecule has 1 aliphatic heterocycles. The molecule has 2 fully saturated rings. The molecule has 2 aliphatic rings. The first kappa shape index (κ1) is 18.3. The Morgan fingerprint density at radius 1 is 1.08 bits per heavy atom. The van der Waals surface area contributed by atoms with Crippen LogP contribution in [0.1, 0.15) is 36.0 Å². The number of benzene rings is 1. The summed E-state index contributed by atoms with van der Waals surface area (Å²) in [7, 11) is 0. The van der Waals surface area contributed by atoms with Crippen LogP contribution < -0.4 is 5.73 Å². The van der Waals surface area contributed by atoms with E-state index in [2.05, 4.69) is 0 Å². The highest BCUT2D eigenvalue weighted by Crippen LogP contribution is 2.27. The van der Waals surface area contributed by atoms with Gasteiger partial charge in [-0.25, -0.2) is 0 Å². The SMILES string of the molecule is N[C@@H]1CCC[C@H]1CC(=O)N1CCN(C(=O)c2ccc([N+](=O)[O-])cc2)CC1. The molecule has 3 rings (SSSR count). The van der Waals surface area contributed by atoms with Crippen molar-refractivity contribution in [2.75, 3.05) is 26.2 Å². The van der Waals surface area contributed by atoms with Crippen LogP contribution in [-0.2, 0) is 4.79 Å². The molecule has 1 aliphatic carbocycles. The summed E-state index contributed by atoms with van der Waals surface area (Å²) in [5, 5.41) is 10.7. The van der Waals surface area contributed by atoms with Gasteiger partial charge in [0.05, 0.1) is 4.92 Å². The molecule has 1 saturated carbocycles. The van der Waals surface area contributed by atoms with Crippen LogP contribution >= 0.6 is 0 Å². The van der Waals surface area contributed by atoms with Crippen LogP contribution in [0.15, 0.2) is 24.3 Å². The maximum absolute atomic E-state index is 12.5. The predicted molar refractivity (Wildman–Crippen MR) is 95.5 cm³/mol.